The predicted molar refractivity (Wildman–Crippen MR) is 65.7 cm³/mol. The number of nitrogens with zero attached hydrogens (tertiary/aromatic N) is 1. The number of anilines is 1. The monoisotopic (exact) mass is 254 g/mol. The molecule has 0 aromatic carbocycles. The molecule has 1 saturated heterocycles. The molecule has 92 valence electrons. The molecule has 0 aliphatic carbocycles. The lowest BCUT2D eigenvalue weighted by Crippen LogP contribution is -2.16. The minimum absolute atomic E-state index is 0.151. The Kier molecular flexibility index (Phi) is 3.75. The van der Waals surface area contributed by atoms with Crippen LogP contribution in [0.15, 0.2) is 11.5 Å². The number of nitrogen functional groups attached to an aromatic ring is 1. The van der Waals surface area contributed by atoms with Crippen LogP contribution in [0.3, 0.4) is 0 Å². The van der Waals surface area contributed by atoms with Gasteiger partial charge in [-0.15, -0.1) is 11.3 Å². The summed E-state index contributed by atoms with van der Waals surface area (Å²) < 4.78 is 5.32. The summed E-state index contributed by atoms with van der Waals surface area (Å²) in [5, 5.41) is 11.2. The van der Waals surface area contributed by atoms with Crippen LogP contribution in [0.4, 0.5) is 5.13 Å². The average Bonchev–Trinajstić information content (AvgIpc) is 2.73. The molecule has 0 saturated carbocycles. The van der Waals surface area contributed by atoms with Gasteiger partial charge >= 0.3 is 5.97 Å². The van der Waals surface area contributed by atoms with Crippen molar-refractivity contribution >= 4 is 28.0 Å². The maximum atomic E-state index is 11.2. The van der Waals surface area contributed by atoms with Gasteiger partial charge in [-0.1, -0.05) is 6.08 Å². The van der Waals surface area contributed by atoms with Crippen molar-refractivity contribution in [3.05, 3.63) is 17.2 Å². The molecule has 1 fully saturated rings. The predicted octanol–water partition coefficient (Wildman–Crippen LogP) is 1.62. The van der Waals surface area contributed by atoms with Gasteiger partial charge in [0.1, 0.15) is 0 Å². The lowest BCUT2D eigenvalue weighted by atomic mass is 9.98. The smallest absolute Gasteiger partial charge is 0.337 e. The van der Waals surface area contributed by atoms with E-state index in [-0.39, 0.29) is 11.5 Å². The van der Waals surface area contributed by atoms with Crippen LogP contribution in [0, 0.1) is 5.92 Å². The largest absolute Gasteiger partial charge is 0.478 e. The first-order valence-electron chi connectivity index (χ1n) is 5.41. The van der Waals surface area contributed by atoms with E-state index in [4.69, 9.17) is 10.5 Å². The molecule has 5 nitrogen and oxygen atoms in total. The topological polar surface area (TPSA) is 85.4 Å². The van der Waals surface area contributed by atoms with Gasteiger partial charge in [-0.25, -0.2) is 9.78 Å². The molecule has 1 aliphatic heterocycles. The van der Waals surface area contributed by atoms with Crippen molar-refractivity contribution in [2.45, 2.75) is 12.8 Å². The fraction of sp³-hybridized carbons (Fsp3) is 0.455. The SMILES string of the molecule is Nc1nc(/C(=C/C2CCCOC2)C(=O)O)cs1. The second-order valence-corrected chi connectivity index (χ2v) is 4.82. The van der Waals surface area contributed by atoms with Crippen LogP contribution in [-0.2, 0) is 9.53 Å². The third-order valence-electron chi connectivity index (χ3n) is 2.63. The Balaban J connectivity index is 2.22. The van der Waals surface area contributed by atoms with Crippen molar-refractivity contribution < 1.29 is 14.6 Å². The van der Waals surface area contributed by atoms with Gasteiger partial charge in [0.25, 0.3) is 0 Å². The molecule has 2 rings (SSSR count). The zero-order valence-corrected chi connectivity index (χ0v) is 10.1. The number of aliphatic carboxylic acids is 1. The average molecular weight is 254 g/mol. The summed E-state index contributed by atoms with van der Waals surface area (Å²) in [6.07, 6.45) is 3.65. The number of hydrogen-bond donors (Lipinski definition) is 2. The molecule has 0 spiro atoms. The van der Waals surface area contributed by atoms with Gasteiger partial charge < -0.3 is 15.6 Å². The Morgan fingerprint density at radius 1 is 1.71 bits per heavy atom. The maximum absolute atomic E-state index is 11.2. The Hall–Kier alpha value is -1.40. The van der Waals surface area contributed by atoms with Crippen molar-refractivity contribution in [2.24, 2.45) is 5.92 Å². The number of aromatic nitrogens is 1. The van der Waals surface area contributed by atoms with Crippen LogP contribution in [-0.4, -0.2) is 29.3 Å². The van der Waals surface area contributed by atoms with Crippen molar-refractivity contribution in [3.63, 3.8) is 0 Å². The molecule has 1 aromatic rings. The van der Waals surface area contributed by atoms with Crippen molar-refractivity contribution in [2.75, 3.05) is 18.9 Å². The Bertz CT molecular complexity index is 436. The number of hydrogen-bond acceptors (Lipinski definition) is 5. The Morgan fingerprint density at radius 3 is 3.06 bits per heavy atom. The molecule has 1 aromatic heterocycles. The van der Waals surface area contributed by atoms with E-state index >= 15 is 0 Å². The number of carboxylic acids is 1. The zero-order chi connectivity index (χ0) is 12.3. The minimum Gasteiger partial charge on any atom is -0.478 e. The molecule has 1 aliphatic rings. The first-order valence-corrected chi connectivity index (χ1v) is 6.29. The summed E-state index contributed by atoms with van der Waals surface area (Å²) >= 11 is 1.24. The summed E-state index contributed by atoms with van der Waals surface area (Å²) in [7, 11) is 0. The fourth-order valence-corrected chi connectivity index (χ4v) is 2.37. The molecule has 2 heterocycles. The van der Waals surface area contributed by atoms with Crippen LogP contribution in [0.2, 0.25) is 0 Å². The van der Waals surface area contributed by atoms with Crippen molar-refractivity contribution in [1.29, 1.82) is 0 Å². The van der Waals surface area contributed by atoms with E-state index in [0.29, 0.717) is 17.4 Å². The quantitative estimate of drug-likeness (QED) is 0.800. The van der Waals surface area contributed by atoms with E-state index < -0.39 is 5.97 Å². The summed E-state index contributed by atoms with van der Waals surface area (Å²) in [5.74, 6) is -0.821. The standard InChI is InChI=1S/C11H14N2O3S/c12-11-13-9(6-17-11)8(10(14)15)4-7-2-1-3-16-5-7/h4,6-7H,1-3,5H2,(H2,12,13)(H,14,15)/b8-4-. The van der Waals surface area contributed by atoms with Gasteiger partial charge in [-0.2, -0.15) is 0 Å². The van der Waals surface area contributed by atoms with Gasteiger partial charge in [0.15, 0.2) is 5.13 Å². The van der Waals surface area contributed by atoms with Gasteiger partial charge in [-0.3, -0.25) is 0 Å². The number of nitrogens with two attached hydrogens (primary N) is 1. The third kappa shape index (κ3) is 3.04. The first kappa shape index (κ1) is 12.1. The lowest BCUT2D eigenvalue weighted by Gasteiger charge is -2.19. The zero-order valence-electron chi connectivity index (χ0n) is 9.26. The van der Waals surface area contributed by atoms with E-state index in [1.165, 1.54) is 11.3 Å². The first-order chi connectivity index (χ1) is 8.16. The summed E-state index contributed by atoms with van der Waals surface area (Å²) in [4.78, 5) is 15.2. The molecule has 1 atom stereocenters. The van der Waals surface area contributed by atoms with E-state index in [1.54, 1.807) is 11.5 Å². The fourth-order valence-electron chi connectivity index (χ4n) is 1.81. The third-order valence-corrected chi connectivity index (χ3v) is 3.30. The highest BCUT2D eigenvalue weighted by Gasteiger charge is 2.18. The Morgan fingerprint density at radius 2 is 2.53 bits per heavy atom. The highest BCUT2D eigenvalue weighted by Crippen LogP contribution is 2.24. The minimum atomic E-state index is -0.971. The van der Waals surface area contributed by atoms with E-state index in [0.717, 1.165) is 19.4 Å². The molecule has 0 amide bonds. The summed E-state index contributed by atoms with van der Waals surface area (Å²) in [6, 6.07) is 0. The normalized spacial score (nSPS) is 21.4. The Labute approximate surface area is 103 Å². The summed E-state index contributed by atoms with van der Waals surface area (Å²) in [5.41, 5.74) is 6.16. The van der Waals surface area contributed by atoms with Crippen LogP contribution in [0.5, 0.6) is 0 Å². The maximum Gasteiger partial charge on any atom is 0.337 e. The van der Waals surface area contributed by atoms with Gasteiger partial charge in [0, 0.05) is 17.9 Å². The molecular weight excluding hydrogens is 240 g/mol. The second-order valence-electron chi connectivity index (χ2n) is 3.93. The van der Waals surface area contributed by atoms with Gasteiger partial charge in [-0.05, 0) is 12.8 Å². The van der Waals surface area contributed by atoms with Gasteiger partial charge in [0.05, 0.1) is 17.9 Å². The van der Waals surface area contributed by atoms with Crippen LogP contribution in [0.25, 0.3) is 5.57 Å². The highest BCUT2D eigenvalue weighted by atomic mass is 32.1. The van der Waals surface area contributed by atoms with Crippen molar-refractivity contribution in [1.82, 2.24) is 4.98 Å². The van der Waals surface area contributed by atoms with Crippen molar-refractivity contribution in [3.8, 4) is 0 Å². The number of carbonyl (C=O) groups is 1. The number of carboxylic acid groups (broad SMARTS) is 1. The number of thiazole rings is 1. The molecule has 3 N–H and O–H groups in total. The number of rotatable bonds is 3. The number of ether oxygens (including phenoxy) is 1. The van der Waals surface area contributed by atoms with Crippen LogP contribution >= 0.6 is 11.3 Å². The van der Waals surface area contributed by atoms with E-state index in [9.17, 15) is 9.90 Å². The van der Waals surface area contributed by atoms with Gasteiger partial charge in [0.2, 0.25) is 0 Å². The molecular formula is C11H14N2O3S. The highest BCUT2D eigenvalue weighted by molar-refractivity contribution is 7.13. The van der Waals surface area contributed by atoms with E-state index in [1.807, 2.05) is 0 Å². The molecule has 0 radical (unpaired) electrons. The molecule has 6 heteroatoms. The molecule has 0 bridgehead atoms. The molecule has 17 heavy (non-hydrogen) atoms. The lowest BCUT2D eigenvalue weighted by molar-refractivity contribution is -0.130. The van der Waals surface area contributed by atoms with E-state index in [2.05, 4.69) is 4.98 Å². The van der Waals surface area contributed by atoms with Crippen LogP contribution in [0.1, 0.15) is 18.5 Å². The molecule has 1 unspecified atom stereocenters. The van der Waals surface area contributed by atoms with Crippen LogP contribution < -0.4 is 5.73 Å². The second kappa shape index (κ2) is 5.29. The summed E-state index contributed by atoms with van der Waals surface area (Å²) in [6.45, 7) is 1.34.